The number of carbonyl (C=O) groups excluding carboxylic acids is 1. The Labute approximate surface area is 90.4 Å². The number of aliphatic hydroxyl groups excluding tert-OH is 1. The van der Waals surface area contributed by atoms with Crippen LogP contribution in [0.5, 0.6) is 0 Å². The molecular formula is C9H12BrNO3. The first kappa shape index (κ1) is 11.3. The van der Waals surface area contributed by atoms with Crippen LogP contribution in [-0.2, 0) is 0 Å². The molecule has 0 aliphatic carbocycles. The number of halogens is 1. The van der Waals surface area contributed by atoms with E-state index in [2.05, 4.69) is 21.2 Å². The Morgan fingerprint density at radius 3 is 2.64 bits per heavy atom. The molecule has 78 valence electrons. The normalized spacial score (nSPS) is 14.9. The molecule has 5 heteroatoms. The van der Waals surface area contributed by atoms with E-state index < -0.39 is 6.10 Å². The van der Waals surface area contributed by atoms with Crippen LogP contribution < -0.4 is 5.32 Å². The number of nitrogens with one attached hydrogen (secondary N) is 1. The van der Waals surface area contributed by atoms with E-state index in [9.17, 15) is 4.79 Å². The van der Waals surface area contributed by atoms with Gasteiger partial charge in [0.2, 0.25) is 0 Å². The molecule has 2 unspecified atom stereocenters. The molecule has 0 aliphatic heterocycles. The number of hydrogen-bond acceptors (Lipinski definition) is 3. The second-order valence-electron chi connectivity index (χ2n) is 3.11. The summed E-state index contributed by atoms with van der Waals surface area (Å²) in [6.45, 7) is 3.34. The third-order valence-corrected chi connectivity index (χ3v) is 2.31. The van der Waals surface area contributed by atoms with Gasteiger partial charge in [0.25, 0.3) is 5.91 Å². The van der Waals surface area contributed by atoms with Gasteiger partial charge in [-0.15, -0.1) is 0 Å². The summed E-state index contributed by atoms with van der Waals surface area (Å²) in [5, 5.41) is 11.8. The Hall–Kier alpha value is -0.810. The quantitative estimate of drug-likeness (QED) is 0.868. The lowest BCUT2D eigenvalue weighted by atomic mass is 10.2. The predicted octanol–water partition coefficient (Wildman–Crippen LogP) is 1.54. The first-order valence-corrected chi connectivity index (χ1v) is 5.04. The monoisotopic (exact) mass is 261 g/mol. The van der Waals surface area contributed by atoms with E-state index in [0.717, 1.165) is 0 Å². The van der Waals surface area contributed by atoms with Crippen LogP contribution in [0.2, 0.25) is 0 Å². The van der Waals surface area contributed by atoms with Gasteiger partial charge in [0.15, 0.2) is 10.4 Å². The third kappa shape index (κ3) is 2.85. The van der Waals surface area contributed by atoms with Crippen LogP contribution in [0.4, 0.5) is 0 Å². The van der Waals surface area contributed by atoms with Gasteiger partial charge in [0.1, 0.15) is 0 Å². The lowest BCUT2D eigenvalue weighted by Crippen LogP contribution is -2.39. The number of carbonyl (C=O) groups is 1. The minimum absolute atomic E-state index is 0.226. The molecule has 0 spiro atoms. The zero-order valence-electron chi connectivity index (χ0n) is 7.95. The number of hydrogen-bond donors (Lipinski definition) is 2. The number of rotatable bonds is 3. The van der Waals surface area contributed by atoms with Crippen molar-refractivity contribution >= 4 is 21.8 Å². The molecule has 2 atom stereocenters. The lowest BCUT2D eigenvalue weighted by molar-refractivity contribution is 0.0845. The molecule has 14 heavy (non-hydrogen) atoms. The maximum absolute atomic E-state index is 11.4. The van der Waals surface area contributed by atoms with E-state index in [1.54, 1.807) is 26.0 Å². The van der Waals surface area contributed by atoms with E-state index in [0.29, 0.717) is 4.67 Å². The van der Waals surface area contributed by atoms with Gasteiger partial charge >= 0.3 is 0 Å². The van der Waals surface area contributed by atoms with Gasteiger partial charge in [-0.3, -0.25) is 4.79 Å². The number of furan rings is 1. The highest BCUT2D eigenvalue weighted by molar-refractivity contribution is 9.10. The summed E-state index contributed by atoms with van der Waals surface area (Å²) in [6.07, 6.45) is -0.586. The van der Waals surface area contributed by atoms with Gasteiger partial charge in [-0.2, -0.15) is 0 Å². The van der Waals surface area contributed by atoms with Crippen LogP contribution in [0.25, 0.3) is 0 Å². The lowest BCUT2D eigenvalue weighted by Gasteiger charge is -2.15. The van der Waals surface area contributed by atoms with Crippen molar-refractivity contribution in [3.05, 3.63) is 22.6 Å². The van der Waals surface area contributed by atoms with Gasteiger partial charge in [-0.1, -0.05) is 0 Å². The molecule has 0 aliphatic rings. The molecule has 0 aromatic carbocycles. The van der Waals surface area contributed by atoms with E-state index >= 15 is 0 Å². The third-order valence-electron chi connectivity index (χ3n) is 1.88. The number of amides is 1. The molecule has 0 saturated carbocycles. The predicted molar refractivity (Wildman–Crippen MR) is 55.0 cm³/mol. The fourth-order valence-corrected chi connectivity index (χ4v) is 1.14. The SMILES string of the molecule is CC(O)C(C)NC(=O)c1ccc(Br)o1. The highest BCUT2D eigenvalue weighted by Crippen LogP contribution is 2.13. The van der Waals surface area contributed by atoms with Gasteiger partial charge in [-0.05, 0) is 41.9 Å². The van der Waals surface area contributed by atoms with Crippen LogP contribution in [0.3, 0.4) is 0 Å². The summed E-state index contributed by atoms with van der Waals surface area (Å²) >= 11 is 3.10. The molecular weight excluding hydrogens is 250 g/mol. The Morgan fingerprint density at radius 1 is 1.57 bits per heavy atom. The van der Waals surface area contributed by atoms with E-state index in [-0.39, 0.29) is 17.7 Å². The largest absolute Gasteiger partial charge is 0.444 e. The zero-order valence-corrected chi connectivity index (χ0v) is 9.54. The zero-order chi connectivity index (χ0) is 10.7. The molecule has 1 aromatic heterocycles. The van der Waals surface area contributed by atoms with E-state index in [1.165, 1.54) is 0 Å². The highest BCUT2D eigenvalue weighted by atomic mass is 79.9. The van der Waals surface area contributed by atoms with E-state index in [4.69, 9.17) is 9.52 Å². The number of aliphatic hydroxyl groups is 1. The van der Waals surface area contributed by atoms with Crippen molar-refractivity contribution in [3.8, 4) is 0 Å². The Kier molecular flexibility index (Phi) is 3.71. The van der Waals surface area contributed by atoms with Gasteiger partial charge < -0.3 is 14.8 Å². The molecule has 1 rings (SSSR count). The first-order chi connectivity index (χ1) is 6.50. The summed E-state index contributed by atoms with van der Waals surface area (Å²) in [4.78, 5) is 11.4. The maximum Gasteiger partial charge on any atom is 0.287 e. The molecule has 0 bridgehead atoms. The molecule has 1 amide bonds. The highest BCUT2D eigenvalue weighted by Gasteiger charge is 2.15. The standard InChI is InChI=1S/C9H12BrNO3/c1-5(6(2)12)11-9(13)7-3-4-8(10)14-7/h3-6,12H,1-2H3,(H,11,13). The van der Waals surface area contributed by atoms with Crippen LogP contribution in [0.15, 0.2) is 21.2 Å². The fourth-order valence-electron chi connectivity index (χ4n) is 0.835. The molecule has 1 aromatic rings. The second-order valence-corrected chi connectivity index (χ2v) is 3.89. The Balaban J connectivity index is 2.59. The summed E-state index contributed by atoms with van der Waals surface area (Å²) in [5.41, 5.74) is 0. The van der Waals surface area contributed by atoms with Crippen molar-refractivity contribution < 1.29 is 14.3 Å². The van der Waals surface area contributed by atoms with Crippen molar-refractivity contribution in [2.75, 3.05) is 0 Å². The van der Waals surface area contributed by atoms with Crippen molar-refractivity contribution in [3.63, 3.8) is 0 Å². The second kappa shape index (κ2) is 4.61. The van der Waals surface area contributed by atoms with Crippen molar-refractivity contribution in [2.24, 2.45) is 0 Å². The Bertz CT molecular complexity index is 322. The van der Waals surface area contributed by atoms with Crippen LogP contribution >= 0.6 is 15.9 Å². The average molecular weight is 262 g/mol. The van der Waals surface area contributed by atoms with Gasteiger partial charge in [-0.25, -0.2) is 0 Å². The topological polar surface area (TPSA) is 62.5 Å². The average Bonchev–Trinajstić information content (AvgIpc) is 2.51. The molecule has 2 N–H and O–H groups in total. The van der Waals surface area contributed by atoms with Crippen LogP contribution in [0.1, 0.15) is 24.4 Å². The first-order valence-electron chi connectivity index (χ1n) is 4.25. The minimum atomic E-state index is -0.586. The summed E-state index contributed by atoms with van der Waals surface area (Å²) in [6, 6.07) is 2.90. The van der Waals surface area contributed by atoms with Crippen molar-refractivity contribution in [1.82, 2.24) is 5.32 Å². The van der Waals surface area contributed by atoms with E-state index in [1.807, 2.05) is 0 Å². The molecule has 4 nitrogen and oxygen atoms in total. The van der Waals surface area contributed by atoms with Crippen LogP contribution in [0, 0.1) is 0 Å². The smallest absolute Gasteiger partial charge is 0.287 e. The fraction of sp³-hybridized carbons (Fsp3) is 0.444. The molecule has 0 saturated heterocycles. The van der Waals surface area contributed by atoms with Crippen molar-refractivity contribution in [2.45, 2.75) is 26.0 Å². The summed E-state index contributed by atoms with van der Waals surface area (Å²) < 4.78 is 5.56. The molecule has 1 heterocycles. The molecule has 0 fully saturated rings. The van der Waals surface area contributed by atoms with Gasteiger partial charge in [0.05, 0.1) is 12.1 Å². The maximum atomic E-state index is 11.4. The van der Waals surface area contributed by atoms with Crippen molar-refractivity contribution in [1.29, 1.82) is 0 Å². The summed E-state index contributed by atoms with van der Waals surface area (Å²) in [5.74, 6) is -0.103. The summed E-state index contributed by atoms with van der Waals surface area (Å²) in [7, 11) is 0. The Morgan fingerprint density at radius 2 is 2.21 bits per heavy atom. The minimum Gasteiger partial charge on any atom is -0.444 e. The molecule has 0 radical (unpaired) electrons. The van der Waals surface area contributed by atoms with Gasteiger partial charge in [0, 0.05) is 0 Å². The van der Waals surface area contributed by atoms with Crippen LogP contribution in [-0.4, -0.2) is 23.2 Å².